The SMILES string of the molecule is C#C[C@@]1(CO)C=C[C@H](n2cc(C)c(=O)[nH]c2=O)C1. The van der Waals surface area contributed by atoms with E-state index in [1.807, 2.05) is 0 Å². The highest BCUT2D eigenvalue weighted by Gasteiger charge is 2.33. The molecule has 2 rings (SSSR count). The quantitative estimate of drug-likeness (QED) is 0.568. The van der Waals surface area contributed by atoms with Crippen molar-refractivity contribution in [1.82, 2.24) is 9.55 Å². The predicted octanol–water partition coefficient (Wildman–Crippen LogP) is -0.0421. The van der Waals surface area contributed by atoms with Gasteiger partial charge in [-0.05, 0) is 13.3 Å². The normalized spacial score (nSPS) is 26.2. The lowest BCUT2D eigenvalue weighted by atomic mass is 9.89. The fraction of sp³-hybridized carbons (Fsp3) is 0.385. The van der Waals surface area contributed by atoms with E-state index in [4.69, 9.17) is 6.42 Å². The van der Waals surface area contributed by atoms with E-state index < -0.39 is 11.1 Å². The van der Waals surface area contributed by atoms with Gasteiger partial charge >= 0.3 is 5.69 Å². The molecule has 0 radical (unpaired) electrons. The van der Waals surface area contributed by atoms with Gasteiger partial charge in [0, 0.05) is 11.8 Å². The Morgan fingerprint density at radius 1 is 1.67 bits per heavy atom. The van der Waals surface area contributed by atoms with E-state index >= 15 is 0 Å². The number of terminal acetylenes is 1. The monoisotopic (exact) mass is 246 g/mol. The average Bonchev–Trinajstić information content (AvgIpc) is 2.79. The molecular weight excluding hydrogens is 232 g/mol. The number of aliphatic hydroxyl groups excluding tert-OH is 1. The molecule has 0 fully saturated rings. The Hall–Kier alpha value is -2.06. The molecule has 0 aliphatic heterocycles. The second kappa shape index (κ2) is 4.31. The first kappa shape index (κ1) is 12.4. The third-order valence-electron chi connectivity index (χ3n) is 3.28. The summed E-state index contributed by atoms with van der Waals surface area (Å²) >= 11 is 0. The Kier molecular flexibility index (Phi) is 2.97. The molecule has 1 aromatic heterocycles. The number of rotatable bonds is 2. The second-order valence-corrected chi connectivity index (χ2v) is 4.57. The Bertz CT molecular complexity index is 647. The van der Waals surface area contributed by atoms with Gasteiger partial charge < -0.3 is 5.11 Å². The van der Waals surface area contributed by atoms with E-state index in [9.17, 15) is 14.7 Å². The molecular formula is C13H14N2O3. The zero-order valence-electron chi connectivity index (χ0n) is 10.0. The standard InChI is InChI=1S/C13H14N2O3/c1-3-13(8-16)5-4-10(6-13)15-7-9(2)11(17)14-12(15)18/h1,4-5,7,10,16H,6,8H2,2H3,(H,14,17,18)/t10-,13+/m0/s1. The van der Waals surface area contributed by atoms with Crippen LogP contribution < -0.4 is 11.2 Å². The number of hydrogen-bond donors (Lipinski definition) is 2. The molecule has 0 unspecified atom stereocenters. The highest BCUT2D eigenvalue weighted by molar-refractivity contribution is 5.24. The summed E-state index contributed by atoms with van der Waals surface area (Å²) in [6.45, 7) is 1.47. The van der Waals surface area contributed by atoms with Gasteiger partial charge in [0.25, 0.3) is 5.56 Å². The third-order valence-corrected chi connectivity index (χ3v) is 3.28. The lowest BCUT2D eigenvalue weighted by Gasteiger charge is -2.20. The first-order valence-corrected chi connectivity index (χ1v) is 5.61. The van der Waals surface area contributed by atoms with Crippen LogP contribution in [0.1, 0.15) is 18.0 Å². The van der Waals surface area contributed by atoms with Crippen LogP contribution in [-0.2, 0) is 0 Å². The average molecular weight is 246 g/mol. The Labute approximate surface area is 104 Å². The molecule has 2 N–H and O–H groups in total. The zero-order valence-corrected chi connectivity index (χ0v) is 10.0. The molecule has 0 saturated carbocycles. The van der Waals surface area contributed by atoms with E-state index in [1.54, 1.807) is 19.1 Å². The number of aromatic amines is 1. The van der Waals surface area contributed by atoms with Crippen molar-refractivity contribution in [2.24, 2.45) is 5.41 Å². The molecule has 0 saturated heterocycles. The fourth-order valence-electron chi connectivity index (χ4n) is 2.10. The number of aromatic nitrogens is 2. The van der Waals surface area contributed by atoms with Crippen LogP contribution in [0.3, 0.4) is 0 Å². The molecule has 0 amide bonds. The highest BCUT2D eigenvalue weighted by atomic mass is 16.3. The summed E-state index contributed by atoms with van der Waals surface area (Å²) < 4.78 is 1.43. The maximum absolute atomic E-state index is 11.7. The van der Waals surface area contributed by atoms with Crippen molar-refractivity contribution < 1.29 is 5.11 Å². The van der Waals surface area contributed by atoms with Crippen molar-refractivity contribution >= 4 is 0 Å². The second-order valence-electron chi connectivity index (χ2n) is 4.57. The van der Waals surface area contributed by atoms with Crippen LogP contribution in [0.15, 0.2) is 27.9 Å². The molecule has 0 bridgehead atoms. The number of aliphatic hydroxyl groups is 1. The van der Waals surface area contributed by atoms with Crippen LogP contribution in [0.25, 0.3) is 0 Å². The molecule has 1 heterocycles. The van der Waals surface area contributed by atoms with E-state index in [-0.39, 0.29) is 18.2 Å². The molecule has 2 atom stereocenters. The van der Waals surface area contributed by atoms with Crippen LogP contribution in [0.2, 0.25) is 0 Å². The minimum atomic E-state index is -0.714. The third kappa shape index (κ3) is 1.91. The summed E-state index contributed by atoms with van der Waals surface area (Å²) in [4.78, 5) is 25.3. The van der Waals surface area contributed by atoms with Gasteiger partial charge in [-0.2, -0.15) is 0 Å². The van der Waals surface area contributed by atoms with E-state index in [1.165, 1.54) is 10.8 Å². The largest absolute Gasteiger partial charge is 0.394 e. The minimum Gasteiger partial charge on any atom is -0.394 e. The first-order valence-electron chi connectivity index (χ1n) is 5.61. The van der Waals surface area contributed by atoms with Crippen molar-refractivity contribution in [3.05, 3.63) is 44.8 Å². The van der Waals surface area contributed by atoms with Crippen molar-refractivity contribution in [3.63, 3.8) is 0 Å². The van der Waals surface area contributed by atoms with E-state index in [0.29, 0.717) is 12.0 Å². The first-order chi connectivity index (χ1) is 8.51. The summed E-state index contributed by atoms with van der Waals surface area (Å²) in [5, 5.41) is 9.31. The summed E-state index contributed by atoms with van der Waals surface area (Å²) in [5.41, 5.74) is -1.10. The topological polar surface area (TPSA) is 75.1 Å². The smallest absolute Gasteiger partial charge is 0.328 e. The highest BCUT2D eigenvalue weighted by Crippen LogP contribution is 2.36. The summed E-state index contributed by atoms with van der Waals surface area (Å²) in [5.74, 6) is 2.55. The van der Waals surface area contributed by atoms with Gasteiger partial charge in [-0.1, -0.05) is 18.1 Å². The van der Waals surface area contributed by atoms with Crippen LogP contribution in [0, 0.1) is 24.7 Å². The summed E-state index contributed by atoms with van der Waals surface area (Å²) in [7, 11) is 0. The summed E-state index contributed by atoms with van der Waals surface area (Å²) in [6.07, 6.45) is 10.9. The van der Waals surface area contributed by atoms with Crippen LogP contribution in [0.4, 0.5) is 0 Å². The lowest BCUT2D eigenvalue weighted by Crippen LogP contribution is -2.33. The molecule has 5 heteroatoms. The molecule has 94 valence electrons. The molecule has 5 nitrogen and oxygen atoms in total. The van der Waals surface area contributed by atoms with Gasteiger partial charge in [-0.15, -0.1) is 6.42 Å². The Balaban J connectivity index is 2.41. The Morgan fingerprint density at radius 3 is 2.94 bits per heavy atom. The molecule has 1 aliphatic rings. The number of nitrogens with zero attached hydrogens (tertiary/aromatic N) is 1. The minimum absolute atomic E-state index is 0.159. The lowest BCUT2D eigenvalue weighted by molar-refractivity contribution is 0.203. The van der Waals surface area contributed by atoms with E-state index in [0.717, 1.165) is 0 Å². The maximum Gasteiger partial charge on any atom is 0.328 e. The van der Waals surface area contributed by atoms with Gasteiger partial charge in [-0.3, -0.25) is 14.3 Å². The van der Waals surface area contributed by atoms with E-state index in [2.05, 4.69) is 10.9 Å². The van der Waals surface area contributed by atoms with Gasteiger partial charge in [0.05, 0.1) is 18.1 Å². The van der Waals surface area contributed by atoms with Gasteiger partial charge in [0.15, 0.2) is 0 Å². The zero-order chi connectivity index (χ0) is 13.3. The molecule has 1 aromatic rings. The maximum atomic E-state index is 11.7. The van der Waals surface area contributed by atoms with Crippen molar-refractivity contribution in [1.29, 1.82) is 0 Å². The van der Waals surface area contributed by atoms with Crippen molar-refractivity contribution in [2.45, 2.75) is 19.4 Å². The molecule has 0 spiro atoms. The van der Waals surface area contributed by atoms with Crippen LogP contribution >= 0.6 is 0 Å². The number of nitrogens with one attached hydrogen (secondary N) is 1. The van der Waals surface area contributed by atoms with Crippen molar-refractivity contribution in [2.75, 3.05) is 6.61 Å². The number of allylic oxidation sites excluding steroid dienone is 1. The number of hydrogen-bond acceptors (Lipinski definition) is 3. The number of H-pyrrole nitrogens is 1. The van der Waals surface area contributed by atoms with Crippen molar-refractivity contribution in [3.8, 4) is 12.3 Å². The molecule has 0 aromatic carbocycles. The Morgan fingerprint density at radius 2 is 2.39 bits per heavy atom. The van der Waals surface area contributed by atoms with Crippen LogP contribution in [0.5, 0.6) is 0 Å². The predicted molar refractivity (Wildman–Crippen MR) is 67.2 cm³/mol. The van der Waals surface area contributed by atoms with Gasteiger partial charge in [0.1, 0.15) is 0 Å². The molecule has 1 aliphatic carbocycles. The van der Waals surface area contributed by atoms with Gasteiger partial charge in [-0.25, -0.2) is 4.79 Å². The van der Waals surface area contributed by atoms with Crippen LogP contribution in [-0.4, -0.2) is 21.3 Å². The van der Waals surface area contributed by atoms with Gasteiger partial charge in [0.2, 0.25) is 0 Å². The summed E-state index contributed by atoms with van der Waals surface area (Å²) in [6, 6.07) is -0.240. The fourth-order valence-corrected chi connectivity index (χ4v) is 2.10. The number of aryl methyl sites for hydroxylation is 1. The molecule has 18 heavy (non-hydrogen) atoms.